The van der Waals surface area contributed by atoms with Gasteiger partial charge in [0, 0.05) is 16.3 Å². The van der Waals surface area contributed by atoms with Gasteiger partial charge in [-0.15, -0.1) is 0 Å². The molecular weight excluding hydrogens is 350 g/mol. The molecular formula is C21H16ClNO3. The van der Waals surface area contributed by atoms with Gasteiger partial charge in [0.2, 0.25) is 0 Å². The van der Waals surface area contributed by atoms with Crippen LogP contribution < -0.4 is 10.1 Å². The first-order chi connectivity index (χ1) is 12.5. The average molecular weight is 366 g/mol. The predicted octanol–water partition coefficient (Wildman–Crippen LogP) is 5.12. The van der Waals surface area contributed by atoms with Crippen molar-refractivity contribution in [1.82, 2.24) is 0 Å². The van der Waals surface area contributed by atoms with Crippen LogP contribution >= 0.6 is 11.6 Å². The van der Waals surface area contributed by atoms with Crippen LogP contribution in [0, 0.1) is 6.92 Å². The zero-order valence-corrected chi connectivity index (χ0v) is 14.8. The van der Waals surface area contributed by atoms with Crippen molar-refractivity contribution >= 4 is 29.2 Å². The van der Waals surface area contributed by atoms with E-state index in [9.17, 15) is 9.59 Å². The molecule has 0 radical (unpaired) electrons. The second kappa shape index (κ2) is 7.85. The Morgan fingerprint density at radius 3 is 2.00 bits per heavy atom. The summed E-state index contributed by atoms with van der Waals surface area (Å²) in [6.45, 7) is 1.96. The lowest BCUT2D eigenvalue weighted by Crippen LogP contribution is -2.12. The fraction of sp³-hybridized carbons (Fsp3) is 0.0476. The highest BCUT2D eigenvalue weighted by molar-refractivity contribution is 6.30. The van der Waals surface area contributed by atoms with Gasteiger partial charge in [0.15, 0.2) is 0 Å². The highest BCUT2D eigenvalue weighted by atomic mass is 35.5. The standard InChI is InChI=1S/C21H16ClNO3/c1-14-2-4-15(5-3-14)20(24)23-18-10-6-16(7-11-18)21(25)26-19-12-8-17(22)9-13-19/h2-13H,1H3,(H,23,24). The van der Waals surface area contributed by atoms with Crippen LogP contribution in [0.1, 0.15) is 26.3 Å². The monoisotopic (exact) mass is 365 g/mol. The molecule has 0 atom stereocenters. The van der Waals surface area contributed by atoms with E-state index in [2.05, 4.69) is 5.32 Å². The highest BCUT2D eigenvalue weighted by Gasteiger charge is 2.10. The first-order valence-corrected chi connectivity index (χ1v) is 8.35. The maximum Gasteiger partial charge on any atom is 0.343 e. The van der Waals surface area contributed by atoms with E-state index in [1.54, 1.807) is 60.7 Å². The number of ether oxygens (including phenoxy) is 1. The summed E-state index contributed by atoms with van der Waals surface area (Å²) >= 11 is 5.80. The van der Waals surface area contributed by atoms with Gasteiger partial charge < -0.3 is 10.1 Å². The molecule has 0 fully saturated rings. The lowest BCUT2D eigenvalue weighted by atomic mass is 10.1. The summed E-state index contributed by atoms with van der Waals surface area (Å²) in [7, 11) is 0. The molecule has 0 aliphatic heterocycles. The van der Waals surface area contributed by atoms with Crippen LogP contribution in [-0.4, -0.2) is 11.9 Å². The summed E-state index contributed by atoms with van der Waals surface area (Å²) in [5, 5.41) is 3.36. The van der Waals surface area contributed by atoms with Gasteiger partial charge >= 0.3 is 5.97 Å². The van der Waals surface area contributed by atoms with E-state index in [1.165, 1.54) is 0 Å². The van der Waals surface area contributed by atoms with Gasteiger partial charge in [0.25, 0.3) is 5.91 Å². The normalized spacial score (nSPS) is 10.2. The van der Waals surface area contributed by atoms with E-state index in [1.807, 2.05) is 19.1 Å². The fourth-order valence-corrected chi connectivity index (χ4v) is 2.39. The molecule has 0 aliphatic carbocycles. The Balaban J connectivity index is 1.64. The number of rotatable bonds is 4. The minimum atomic E-state index is -0.483. The molecule has 1 N–H and O–H groups in total. The van der Waals surface area contributed by atoms with Crippen LogP contribution in [0.2, 0.25) is 5.02 Å². The zero-order valence-electron chi connectivity index (χ0n) is 14.0. The molecule has 130 valence electrons. The molecule has 0 bridgehead atoms. The summed E-state index contributed by atoms with van der Waals surface area (Å²) < 4.78 is 5.27. The number of halogens is 1. The summed E-state index contributed by atoms with van der Waals surface area (Å²) in [5.74, 6) is -0.277. The number of aryl methyl sites for hydroxylation is 1. The largest absolute Gasteiger partial charge is 0.423 e. The van der Waals surface area contributed by atoms with Crippen molar-refractivity contribution in [3.8, 4) is 5.75 Å². The number of benzene rings is 3. The van der Waals surface area contributed by atoms with E-state index < -0.39 is 5.97 Å². The molecule has 3 aromatic carbocycles. The molecule has 0 saturated carbocycles. The van der Waals surface area contributed by atoms with E-state index in [0.717, 1.165) is 5.56 Å². The number of nitrogens with one attached hydrogen (secondary N) is 1. The lowest BCUT2D eigenvalue weighted by Gasteiger charge is -2.07. The topological polar surface area (TPSA) is 55.4 Å². The molecule has 4 nitrogen and oxygen atoms in total. The van der Waals surface area contributed by atoms with Crippen LogP contribution in [0.5, 0.6) is 5.75 Å². The Kier molecular flexibility index (Phi) is 5.34. The van der Waals surface area contributed by atoms with E-state index in [-0.39, 0.29) is 5.91 Å². The Labute approximate surface area is 156 Å². The van der Waals surface area contributed by atoms with Crippen molar-refractivity contribution in [2.75, 3.05) is 5.32 Å². The molecule has 1 amide bonds. The second-order valence-corrected chi connectivity index (χ2v) is 6.18. The van der Waals surface area contributed by atoms with Crippen LogP contribution in [0.4, 0.5) is 5.69 Å². The van der Waals surface area contributed by atoms with Crippen molar-refractivity contribution in [3.05, 3.63) is 94.5 Å². The summed E-state index contributed by atoms with van der Waals surface area (Å²) in [6.07, 6.45) is 0. The SMILES string of the molecule is Cc1ccc(C(=O)Nc2ccc(C(=O)Oc3ccc(Cl)cc3)cc2)cc1. The van der Waals surface area contributed by atoms with Gasteiger partial charge in [-0.05, 0) is 67.6 Å². The summed E-state index contributed by atoms with van der Waals surface area (Å²) in [5.41, 5.74) is 2.64. The first-order valence-electron chi connectivity index (χ1n) is 7.97. The number of anilines is 1. The summed E-state index contributed by atoms with van der Waals surface area (Å²) in [4.78, 5) is 24.3. The van der Waals surface area contributed by atoms with Crippen LogP contribution in [0.25, 0.3) is 0 Å². The van der Waals surface area contributed by atoms with Gasteiger partial charge in [-0.3, -0.25) is 4.79 Å². The average Bonchev–Trinajstić information content (AvgIpc) is 2.64. The van der Waals surface area contributed by atoms with Crippen molar-refractivity contribution in [1.29, 1.82) is 0 Å². The zero-order chi connectivity index (χ0) is 18.5. The molecule has 0 heterocycles. The molecule has 5 heteroatoms. The van der Waals surface area contributed by atoms with Gasteiger partial charge in [-0.2, -0.15) is 0 Å². The van der Waals surface area contributed by atoms with E-state index in [4.69, 9.17) is 16.3 Å². The predicted molar refractivity (Wildman–Crippen MR) is 102 cm³/mol. The maximum absolute atomic E-state index is 12.2. The Morgan fingerprint density at radius 1 is 0.808 bits per heavy atom. The molecule has 0 unspecified atom stereocenters. The molecule has 0 aliphatic rings. The van der Waals surface area contributed by atoms with Crippen molar-refractivity contribution in [2.45, 2.75) is 6.92 Å². The smallest absolute Gasteiger partial charge is 0.343 e. The molecule has 0 spiro atoms. The number of carbonyl (C=O) groups is 2. The molecule has 0 saturated heterocycles. The van der Waals surface area contributed by atoms with Crippen LogP contribution in [-0.2, 0) is 0 Å². The fourth-order valence-electron chi connectivity index (χ4n) is 2.27. The summed E-state index contributed by atoms with van der Waals surface area (Å²) in [6, 6.07) is 20.3. The van der Waals surface area contributed by atoms with E-state index in [0.29, 0.717) is 27.6 Å². The third kappa shape index (κ3) is 4.49. The van der Waals surface area contributed by atoms with Crippen LogP contribution in [0.15, 0.2) is 72.8 Å². The lowest BCUT2D eigenvalue weighted by molar-refractivity contribution is 0.0734. The quantitative estimate of drug-likeness (QED) is 0.515. The van der Waals surface area contributed by atoms with Crippen molar-refractivity contribution in [2.24, 2.45) is 0 Å². The van der Waals surface area contributed by atoms with Crippen molar-refractivity contribution in [3.63, 3.8) is 0 Å². The minimum absolute atomic E-state index is 0.207. The number of hydrogen-bond acceptors (Lipinski definition) is 3. The molecule has 26 heavy (non-hydrogen) atoms. The Morgan fingerprint density at radius 2 is 1.38 bits per heavy atom. The van der Waals surface area contributed by atoms with Crippen LogP contribution in [0.3, 0.4) is 0 Å². The molecule has 3 aromatic rings. The first kappa shape index (κ1) is 17.7. The minimum Gasteiger partial charge on any atom is -0.423 e. The number of amides is 1. The third-order valence-electron chi connectivity index (χ3n) is 3.72. The molecule has 0 aromatic heterocycles. The Bertz CT molecular complexity index is 917. The third-order valence-corrected chi connectivity index (χ3v) is 3.97. The second-order valence-electron chi connectivity index (χ2n) is 5.74. The number of hydrogen-bond donors (Lipinski definition) is 1. The highest BCUT2D eigenvalue weighted by Crippen LogP contribution is 2.18. The van der Waals surface area contributed by atoms with E-state index >= 15 is 0 Å². The van der Waals surface area contributed by atoms with Crippen molar-refractivity contribution < 1.29 is 14.3 Å². The van der Waals surface area contributed by atoms with Gasteiger partial charge in [0.05, 0.1) is 5.56 Å². The number of esters is 1. The maximum atomic E-state index is 12.2. The Hall–Kier alpha value is -3.11. The van der Waals surface area contributed by atoms with Gasteiger partial charge in [0.1, 0.15) is 5.75 Å². The number of carbonyl (C=O) groups excluding carboxylic acids is 2. The molecule has 3 rings (SSSR count). The van der Waals surface area contributed by atoms with Gasteiger partial charge in [-0.1, -0.05) is 29.3 Å². The van der Waals surface area contributed by atoms with Gasteiger partial charge in [-0.25, -0.2) is 4.79 Å².